The van der Waals surface area contributed by atoms with E-state index in [1.165, 1.54) is 5.56 Å². The summed E-state index contributed by atoms with van der Waals surface area (Å²) in [5.41, 5.74) is 3.79. The largest absolute Gasteiger partial charge is 0.383 e. The first-order valence-corrected chi connectivity index (χ1v) is 8.02. The number of aromatic amines is 1. The van der Waals surface area contributed by atoms with Crippen molar-refractivity contribution in [2.24, 2.45) is 0 Å². The van der Waals surface area contributed by atoms with Gasteiger partial charge in [-0.25, -0.2) is 0 Å². The Morgan fingerprint density at radius 3 is 2.83 bits per heavy atom. The van der Waals surface area contributed by atoms with Crippen molar-refractivity contribution in [2.45, 2.75) is 33.2 Å². The molecule has 1 aromatic heterocycles. The smallest absolute Gasteiger partial charge is 0.274 e. The average molecular weight is 315 g/mol. The van der Waals surface area contributed by atoms with Crippen molar-refractivity contribution in [1.29, 1.82) is 0 Å². The number of hydrogen-bond acceptors (Lipinski definition) is 3. The highest BCUT2D eigenvalue weighted by Crippen LogP contribution is 2.13. The fourth-order valence-electron chi connectivity index (χ4n) is 2.48. The number of nitrogens with zero attached hydrogens (tertiary/aromatic N) is 2. The van der Waals surface area contributed by atoms with Crippen LogP contribution in [0.2, 0.25) is 0 Å². The number of aryl methyl sites for hydroxylation is 2. The Hall–Kier alpha value is -2.14. The molecular weight excluding hydrogens is 290 g/mol. The lowest BCUT2D eigenvalue weighted by atomic mass is 10.1. The number of carbonyl (C=O) groups is 1. The molecule has 23 heavy (non-hydrogen) atoms. The fourth-order valence-corrected chi connectivity index (χ4v) is 2.48. The van der Waals surface area contributed by atoms with E-state index in [2.05, 4.69) is 36.2 Å². The number of methoxy groups -OCH3 is 1. The minimum absolute atomic E-state index is 0.0658. The number of amides is 1. The number of benzene rings is 1. The van der Waals surface area contributed by atoms with Crippen LogP contribution in [0.3, 0.4) is 0 Å². The Morgan fingerprint density at radius 2 is 2.13 bits per heavy atom. The van der Waals surface area contributed by atoms with Gasteiger partial charge in [-0.1, -0.05) is 37.6 Å². The molecule has 1 N–H and O–H groups in total. The molecule has 0 aliphatic heterocycles. The number of nitrogens with one attached hydrogen (secondary N) is 1. The third-order valence-corrected chi connectivity index (χ3v) is 3.84. The molecule has 2 aromatic rings. The van der Waals surface area contributed by atoms with Crippen molar-refractivity contribution in [3.63, 3.8) is 0 Å². The molecule has 1 heterocycles. The molecule has 2 rings (SSSR count). The lowest BCUT2D eigenvalue weighted by Crippen LogP contribution is -2.34. The number of H-pyrrole nitrogens is 1. The van der Waals surface area contributed by atoms with Gasteiger partial charge in [0.25, 0.3) is 5.91 Å². The zero-order chi connectivity index (χ0) is 16.7. The average Bonchev–Trinajstić information content (AvgIpc) is 3.01. The van der Waals surface area contributed by atoms with Crippen LogP contribution in [0.15, 0.2) is 30.3 Å². The van der Waals surface area contributed by atoms with Crippen molar-refractivity contribution in [3.05, 3.63) is 52.8 Å². The molecule has 0 unspecified atom stereocenters. The normalized spacial score (nSPS) is 10.7. The van der Waals surface area contributed by atoms with E-state index < -0.39 is 0 Å². The van der Waals surface area contributed by atoms with Crippen LogP contribution in [-0.4, -0.2) is 41.3 Å². The highest BCUT2D eigenvalue weighted by atomic mass is 16.5. The van der Waals surface area contributed by atoms with E-state index >= 15 is 0 Å². The number of hydrogen-bond donors (Lipinski definition) is 1. The molecule has 5 nitrogen and oxygen atoms in total. The summed E-state index contributed by atoms with van der Waals surface area (Å²) >= 11 is 0. The molecular formula is C18H25N3O2. The second-order valence-electron chi connectivity index (χ2n) is 5.67. The van der Waals surface area contributed by atoms with Gasteiger partial charge in [0.15, 0.2) is 0 Å². The van der Waals surface area contributed by atoms with Gasteiger partial charge in [-0.3, -0.25) is 9.89 Å². The quantitative estimate of drug-likeness (QED) is 0.815. The van der Waals surface area contributed by atoms with Crippen LogP contribution >= 0.6 is 0 Å². The highest BCUT2D eigenvalue weighted by molar-refractivity contribution is 5.92. The van der Waals surface area contributed by atoms with Crippen molar-refractivity contribution < 1.29 is 9.53 Å². The Morgan fingerprint density at radius 1 is 1.35 bits per heavy atom. The molecule has 5 heteroatoms. The molecule has 0 saturated heterocycles. The molecule has 0 bridgehead atoms. The van der Waals surface area contributed by atoms with Crippen LogP contribution in [-0.2, 0) is 17.7 Å². The van der Waals surface area contributed by atoms with Gasteiger partial charge in [-0.2, -0.15) is 5.10 Å². The molecule has 0 saturated carbocycles. The first-order valence-electron chi connectivity index (χ1n) is 8.02. The van der Waals surface area contributed by atoms with Gasteiger partial charge in [0.05, 0.1) is 6.61 Å². The van der Waals surface area contributed by atoms with Gasteiger partial charge in [-0.05, 0) is 30.5 Å². The Labute approximate surface area is 137 Å². The van der Waals surface area contributed by atoms with Gasteiger partial charge >= 0.3 is 0 Å². The molecule has 0 fully saturated rings. The first-order chi connectivity index (χ1) is 11.2. The number of aromatic nitrogens is 2. The summed E-state index contributed by atoms with van der Waals surface area (Å²) in [4.78, 5) is 14.6. The summed E-state index contributed by atoms with van der Waals surface area (Å²) in [6.45, 7) is 5.77. The zero-order valence-electron chi connectivity index (χ0n) is 14.1. The maximum Gasteiger partial charge on any atom is 0.274 e. The van der Waals surface area contributed by atoms with Crippen molar-refractivity contribution in [1.82, 2.24) is 15.1 Å². The molecule has 1 amide bonds. The number of ether oxygens (including phenoxy) is 1. The Bertz CT molecular complexity index is 637. The maximum absolute atomic E-state index is 12.8. The van der Waals surface area contributed by atoms with Crippen molar-refractivity contribution in [2.75, 3.05) is 20.3 Å². The molecule has 0 aliphatic carbocycles. The Kier molecular flexibility index (Phi) is 6.35. The first kappa shape index (κ1) is 17.2. The van der Waals surface area contributed by atoms with E-state index in [0.29, 0.717) is 25.4 Å². The molecule has 0 spiro atoms. The van der Waals surface area contributed by atoms with E-state index in [9.17, 15) is 4.79 Å². The van der Waals surface area contributed by atoms with E-state index in [1.54, 1.807) is 12.0 Å². The second-order valence-corrected chi connectivity index (χ2v) is 5.67. The van der Waals surface area contributed by atoms with Crippen LogP contribution in [0, 0.1) is 6.92 Å². The van der Waals surface area contributed by atoms with Crippen molar-refractivity contribution in [3.8, 4) is 0 Å². The Balaban J connectivity index is 2.16. The fraction of sp³-hybridized carbons (Fsp3) is 0.444. The lowest BCUT2D eigenvalue weighted by Gasteiger charge is -2.22. The van der Waals surface area contributed by atoms with E-state index in [-0.39, 0.29) is 5.91 Å². The molecule has 0 atom stereocenters. The third kappa shape index (κ3) is 4.66. The van der Waals surface area contributed by atoms with Crippen LogP contribution < -0.4 is 0 Å². The maximum atomic E-state index is 12.8. The van der Waals surface area contributed by atoms with Crippen LogP contribution in [0.4, 0.5) is 0 Å². The summed E-state index contributed by atoms with van der Waals surface area (Å²) < 4.78 is 5.15. The number of carbonyl (C=O) groups excluding carboxylic acids is 1. The van der Waals surface area contributed by atoms with Crippen LogP contribution in [0.25, 0.3) is 0 Å². The molecule has 1 aromatic carbocycles. The van der Waals surface area contributed by atoms with Gasteiger partial charge < -0.3 is 9.64 Å². The summed E-state index contributed by atoms with van der Waals surface area (Å²) in [7, 11) is 1.64. The predicted molar refractivity (Wildman–Crippen MR) is 90.4 cm³/mol. The zero-order valence-corrected chi connectivity index (χ0v) is 14.1. The standard InChI is InChI=1S/C18H25N3O2/c1-4-7-16-12-17(20-19-16)18(22)21(10-11-23-3)13-15-9-6-5-8-14(15)2/h5-6,8-9,12H,4,7,10-11,13H2,1-3H3,(H,19,20). The minimum atomic E-state index is -0.0658. The second kappa shape index (κ2) is 8.48. The summed E-state index contributed by atoms with van der Waals surface area (Å²) in [5, 5.41) is 7.12. The highest BCUT2D eigenvalue weighted by Gasteiger charge is 2.19. The third-order valence-electron chi connectivity index (χ3n) is 3.84. The van der Waals surface area contributed by atoms with Gasteiger partial charge in [0.1, 0.15) is 5.69 Å². The number of rotatable bonds is 8. The van der Waals surface area contributed by atoms with E-state index in [0.717, 1.165) is 24.1 Å². The monoisotopic (exact) mass is 315 g/mol. The van der Waals surface area contributed by atoms with Crippen molar-refractivity contribution >= 4 is 5.91 Å². The minimum Gasteiger partial charge on any atom is -0.383 e. The topological polar surface area (TPSA) is 58.2 Å². The van der Waals surface area contributed by atoms with E-state index in [1.807, 2.05) is 18.2 Å². The summed E-state index contributed by atoms with van der Waals surface area (Å²) in [5.74, 6) is -0.0658. The lowest BCUT2D eigenvalue weighted by molar-refractivity contribution is 0.0674. The molecule has 124 valence electrons. The predicted octanol–water partition coefficient (Wildman–Crippen LogP) is 2.96. The van der Waals surface area contributed by atoms with Gasteiger partial charge in [0.2, 0.25) is 0 Å². The SMILES string of the molecule is CCCc1cc(C(=O)N(CCOC)Cc2ccccc2C)n[nH]1. The van der Waals surface area contributed by atoms with Crippen LogP contribution in [0.5, 0.6) is 0 Å². The van der Waals surface area contributed by atoms with Gasteiger partial charge in [-0.15, -0.1) is 0 Å². The van der Waals surface area contributed by atoms with Gasteiger partial charge in [0, 0.05) is 25.9 Å². The molecule has 0 radical (unpaired) electrons. The van der Waals surface area contributed by atoms with Crippen LogP contribution in [0.1, 0.15) is 40.7 Å². The summed E-state index contributed by atoms with van der Waals surface area (Å²) in [6, 6.07) is 9.96. The summed E-state index contributed by atoms with van der Waals surface area (Å²) in [6.07, 6.45) is 1.92. The molecule has 0 aliphatic rings. The van der Waals surface area contributed by atoms with E-state index in [4.69, 9.17) is 4.74 Å².